The van der Waals surface area contributed by atoms with E-state index in [4.69, 9.17) is 17.0 Å². The summed E-state index contributed by atoms with van der Waals surface area (Å²) in [6.45, 7) is 0.633. The van der Waals surface area contributed by atoms with Gasteiger partial charge in [-0.1, -0.05) is 36.1 Å². The predicted octanol–water partition coefficient (Wildman–Crippen LogP) is 2.09. The van der Waals surface area contributed by atoms with Crippen LogP contribution >= 0.6 is 24.0 Å². The number of thiocarbonyl (C=S) groups is 1. The van der Waals surface area contributed by atoms with Gasteiger partial charge in [-0.05, 0) is 47.0 Å². The molecule has 2 aromatic rings. The number of H-pyrrole nitrogens is 1. The van der Waals surface area contributed by atoms with Crippen LogP contribution in [0.25, 0.3) is 6.08 Å². The summed E-state index contributed by atoms with van der Waals surface area (Å²) in [5, 5.41) is 16.2. The summed E-state index contributed by atoms with van der Waals surface area (Å²) in [4.78, 5) is 12.2. The molecule has 24 heavy (non-hydrogen) atoms. The molecule has 9 heteroatoms. The predicted molar refractivity (Wildman–Crippen MR) is 95.4 cm³/mol. The van der Waals surface area contributed by atoms with Crippen molar-refractivity contribution >= 4 is 40.3 Å². The van der Waals surface area contributed by atoms with E-state index in [1.54, 1.807) is 0 Å². The van der Waals surface area contributed by atoms with Crippen LogP contribution < -0.4 is 10.1 Å². The van der Waals surface area contributed by atoms with E-state index in [1.165, 1.54) is 11.8 Å². The number of aromatic nitrogens is 4. The van der Waals surface area contributed by atoms with Crippen LogP contribution in [-0.4, -0.2) is 37.5 Å². The van der Waals surface area contributed by atoms with E-state index < -0.39 is 0 Å². The van der Waals surface area contributed by atoms with Gasteiger partial charge in [0.25, 0.3) is 5.91 Å². The summed E-state index contributed by atoms with van der Waals surface area (Å²) < 4.78 is 6.19. The second kappa shape index (κ2) is 8.02. The molecule has 7 nitrogen and oxygen atoms in total. The van der Waals surface area contributed by atoms with Crippen LogP contribution in [0.15, 0.2) is 29.2 Å². The summed E-state index contributed by atoms with van der Waals surface area (Å²) >= 11 is 6.24. The molecule has 2 N–H and O–H groups in total. The number of tetrazole rings is 1. The number of carbonyl (C=O) groups excluding carboxylic acids is 1. The van der Waals surface area contributed by atoms with E-state index in [-0.39, 0.29) is 5.91 Å². The number of amides is 1. The molecule has 1 aliphatic heterocycles. The third-order valence-corrected chi connectivity index (χ3v) is 4.45. The average Bonchev–Trinajstić information content (AvgIpc) is 3.19. The number of aryl methyl sites for hydroxylation is 1. The van der Waals surface area contributed by atoms with E-state index >= 15 is 0 Å². The Balaban J connectivity index is 1.44. The molecule has 1 fully saturated rings. The van der Waals surface area contributed by atoms with Crippen LogP contribution in [0.4, 0.5) is 0 Å². The van der Waals surface area contributed by atoms with Gasteiger partial charge in [-0.2, -0.15) is 0 Å². The number of unbranched alkanes of at least 4 members (excludes halogenated alkanes) is 1. The number of ether oxygens (including phenoxy) is 1. The van der Waals surface area contributed by atoms with E-state index in [0.29, 0.717) is 15.8 Å². The van der Waals surface area contributed by atoms with Crippen molar-refractivity contribution in [2.24, 2.45) is 0 Å². The van der Waals surface area contributed by atoms with E-state index in [0.717, 1.165) is 36.4 Å². The van der Waals surface area contributed by atoms with Crippen molar-refractivity contribution in [1.82, 2.24) is 25.9 Å². The highest BCUT2D eigenvalue weighted by atomic mass is 32.2. The Labute approximate surface area is 148 Å². The van der Waals surface area contributed by atoms with Crippen LogP contribution in [0.1, 0.15) is 24.2 Å². The fraction of sp³-hybridized carbons (Fsp3) is 0.267. The number of hydrogen-bond acceptors (Lipinski definition) is 7. The van der Waals surface area contributed by atoms with Gasteiger partial charge in [0.2, 0.25) is 0 Å². The Kier molecular flexibility index (Phi) is 5.55. The topological polar surface area (TPSA) is 92.8 Å². The van der Waals surface area contributed by atoms with Gasteiger partial charge in [-0.15, -0.1) is 5.10 Å². The summed E-state index contributed by atoms with van der Waals surface area (Å²) in [6.07, 6.45) is 4.49. The standard InChI is InChI=1S/C15H15N5O2S2/c21-14-12(24-15(23)16-14)9-10-4-6-11(7-5-10)22-8-2-1-3-13-17-19-20-18-13/h4-7,9H,1-3,8H2,(H,16,21,23)(H,17,18,19,20). The Bertz CT molecular complexity index is 744. The van der Waals surface area contributed by atoms with Crippen molar-refractivity contribution in [3.63, 3.8) is 0 Å². The lowest BCUT2D eigenvalue weighted by atomic mass is 10.2. The third kappa shape index (κ3) is 4.62. The molecule has 1 aromatic carbocycles. The van der Waals surface area contributed by atoms with Crippen LogP contribution in [-0.2, 0) is 11.2 Å². The zero-order valence-electron chi connectivity index (χ0n) is 12.7. The second-order valence-electron chi connectivity index (χ2n) is 5.07. The van der Waals surface area contributed by atoms with Crippen molar-refractivity contribution in [2.45, 2.75) is 19.3 Å². The Morgan fingerprint density at radius 2 is 2.08 bits per heavy atom. The van der Waals surface area contributed by atoms with Gasteiger partial charge in [-0.25, -0.2) is 5.10 Å². The zero-order valence-corrected chi connectivity index (χ0v) is 14.3. The molecule has 0 atom stereocenters. The van der Waals surface area contributed by atoms with Crippen molar-refractivity contribution in [2.75, 3.05) is 6.61 Å². The fourth-order valence-corrected chi connectivity index (χ4v) is 3.15. The number of carbonyl (C=O) groups is 1. The fourth-order valence-electron chi connectivity index (χ4n) is 2.10. The molecule has 0 unspecified atom stereocenters. The summed E-state index contributed by atoms with van der Waals surface area (Å²) in [5.74, 6) is 1.45. The van der Waals surface area contributed by atoms with Crippen LogP contribution in [0.5, 0.6) is 5.75 Å². The molecule has 1 aromatic heterocycles. The molecule has 0 spiro atoms. The van der Waals surface area contributed by atoms with Crippen molar-refractivity contribution in [1.29, 1.82) is 0 Å². The van der Waals surface area contributed by atoms with Crippen LogP contribution in [0, 0.1) is 0 Å². The highest BCUT2D eigenvalue weighted by Gasteiger charge is 2.21. The molecule has 0 radical (unpaired) electrons. The van der Waals surface area contributed by atoms with Gasteiger partial charge in [0.15, 0.2) is 0 Å². The molecule has 1 aliphatic rings. The van der Waals surface area contributed by atoms with Gasteiger partial charge < -0.3 is 10.1 Å². The molecule has 0 bridgehead atoms. The normalized spacial score (nSPS) is 15.8. The summed E-state index contributed by atoms with van der Waals surface area (Å²) in [5.41, 5.74) is 0.933. The lowest BCUT2D eigenvalue weighted by Gasteiger charge is -2.06. The summed E-state index contributed by atoms with van der Waals surface area (Å²) in [6, 6.07) is 7.61. The first kappa shape index (κ1) is 16.6. The first-order valence-corrected chi connectivity index (χ1v) is 8.63. The maximum absolute atomic E-state index is 11.6. The number of aromatic amines is 1. The maximum atomic E-state index is 11.6. The molecule has 1 amide bonds. The Morgan fingerprint density at radius 1 is 1.25 bits per heavy atom. The summed E-state index contributed by atoms with van der Waals surface area (Å²) in [7, 11) is 0. The quantitative estimate of drug-likeness (QED) is 0.443. The Morgan fingerprint density at radius 3 is 2.75 bits per heavy atom. The van der Waals surface area contributed by atoms with Gasteiger partial charge in [0.1, 0.15) is 15.9 Å². The van der Waals surface area contributed by atoms with Crippen molar-refractivity contribution in [3.05, 3.63) is 40.6 Å². The lowest BCUT2D eigenvalue weighted by molar-refractivity contribution is -0.115. The number of nitrogens with zero attached hydrogens (tertiary/aromatic N) is 3. The lowest BCUT2D eigenvalue weighted by Crippen LogP contribution is -2.17. The van der Waals surface area contributed by atoms with Crippen molar-refractivity contribution < 1.29 is 9.53 Å². The molecule has 3 rings (SSSR count). The SMILES string of the molecule is O=C1NC(=S)SC1=Cc1ccc(OCCCCc2nnn[nH]2)cc1. The van der Waals surface area contributed by atoms with Crippen molar-refractivity contribution in [3.8, 4) is 5.75 Å². The molecular weight excluding hydrogens is 346 g/mol. The number of thioether (sulfide) groups is 1. The van der Waals surface area contributed by atoms with Gasteiger partial charge in [0.05, 0.1) is 11.5 Å². The average molecular weight is 361 g/mol. The van der Waals surface area contributed by atoms with E-state index in [1.807, 2.05) is 30.3 Å². The van der Waals surface area contributed by atoms with Crippen LogP contribution in [0.2, 0.25) is 0 Å². The largest absolute Gasteiger partial charge is 0.494 e. The molecule has 124 valence electrons. The molecule has 2 heterocycles. The zero-order chi connectivity index (χ0) is 16.8. The minimum Gasteiger partial charge on any atom is -0.494 e. The van der Waals surface area contributed by atoms with Gasteiger partial charge >= 0.3 is 0 Å². The first-order chi connectivity index (χ1) is 11.7. The number of nitrogens with one attached hydrogen (secondary N) is 2. The monoisotopic (exact) mass is 361 g/mol. The smallest absolute Gasteiger partial charge is 0.263 e. The minimum atomic E-state index is -0.146. The molecule has 0 saturated carbocycles. The second-order valence-corrected chi connectivity index (χ2v) is 6.79. The number of rotatable bonds is 7. The van der Waals surface area contributed by atoms with Gasteiger partial charge in [0, 0.05) is 6.42 Å². The first-order valence-electron chi connectivity index (χ1n) is 7.41. The van der Waals surface area contributed by atoms with E-state index in [2.05, 4.69) is 25.9 Å². The highest BCUT2D eigenvalue weighted by molar-refractivity contribution is 8.26. The molecular formula is C15H15N5O2S2. The maximum Gasteiger partial charge on any atom is 0.263 e. The minimum absolute atomic E-state index is 0.146. The Hall–Kier alpha value is -2.26. The van der Waals surface area contributed by atoms with Crippen LogP contribution in [0.3, 0.4) is 0 Å². The van der Waals surface area contributed by atoms with E-state index in [9.17, 15) is 4.79 Å². The van der Waals surface area contributed by atoms with Gasteiger partial charge in [-0.3, -0.25) is 4.79 Å². The molecule has 1 saturated heterocycles. The third-order valence-electron chi connectivity index (χ3n) is 3.29. The molecule has 0 aliphatic carbocycles. The highest BCUT2D eigenvalue weighted by Crippen LogP contribution is 2.26. The number of hydrogen-bond donors (Lipinski definition) is 2. The number of benzene rings is 1.